The zero-order valence-corrected chi connectivity index (χ0v) is 14.8. The second-order valence-electron chi connectivity index (χ2n) is 7.23. The van der Waals surface area contributed by atoms with Crippen molar-refractivity contribution in [1.29, 1.82) is 0 Å². The van der Waals surface area contributed by atoms with Gasteiger partial charge in [0.25, 0.3) is 0 Å². The van der Waals surface area contributed by atoms with Crippen molar-refractivity contribution in [3.8, 4) is 0 Å². The Morgan fingerprint density at radius 1 is 1.09 bits per heavy atom. The minimum atomic E-state index is 0.266. The number of hydrogen-bond acceptors (Lipinski definition) is 0. The SMILES string of the molecule is CCCCC1C=CC=CC1(C)Cc1ccc(C(C)CC)cc1. The molecule has 0 heteroatoms. The Balaban J connectivity index is 2.09. The monoisotopic (exact) mass is 296 g/mol. The molecule has 1 aliphatic rings. The summed E-state index contributed by atoms with van der Waals surface area (Å²) >= 11 is 0. The van der Waals surface area contributed by atoms with Crippen LogP contribution in [0.5, 0.6) is 0 Å². The molecule has 0 bridgehead atoms. The minimum Gasteiger partial charge on any atom is -0.0806 e. The molecule has 0 aromatic heterocycles. The molecule has 1 aromatic rings. The van der Waals surface area contributed by atoms with Crippen LogP contribution in [0.4, 0.5) is 0 Å². The van der Waals surface area contributed by atoms with Crippen molar-refractivity contribution in [3.05, 3.63) is 59.7 Å². The van der Waals surface area contributed by atoms with Crippen LogP contribution in [0.15, 0.2) is 48.6 Å². The molecule has 22 heavy (non-hydrogen) atoms. The summed E-state index contributed by atoms with van der Waals surface area (Å²) in [5, 5.41) is 0. The lowest BCUT2D eigenvalue weighted by Gasteiger charge is -2.36. The Morgan fingerprint density at radius 2 is 1.82 bits per heavy atom. The van der Waals surface area contributed by atoms with E-state index >= 15 is 0 Å². The third-order valence-electron chi connectivity index (χ3n) is 5.39. The maximum atomic E-state index is 2.43. The molecule has 3 atom stereocenters. The van der Waals surface area contributed by atoms with E-state index in [1.54, 1.807) is 0 Å². The third-order valence-corrected chi connectivity index (χ3v) is 5.39. The first kappa shape index (κ1) is 17.1. The summed E-state index contributed by atoms with van der Waals surface area (Å²) in [5.41, 5.74) is 3.20. The fourth-order valence-corrected chi connectivity index (χ4v) is 3.50. The highest BCUT2D eigenvalue weighted by atomic mass is 14.3. The third kappa shape index (κ3) is 4.12. The second kappa shape index (κ2) is 7.81. The van der Waals surface area contributed by atoms with Crippen LogP contribution < -0.4 is 0 Å². The quantitative estimate of drug-likeness (QED) is 0.526. The van der Waals surface area contributed by atoms with Gasteiger partial charge in [-0.3, -0.25) is 0 Å². The summed E-state index contributed by atoms with van der Waals surface area (Å²) in [5.74, 6) is 1.34. The summed E-state index contributed by atoms with van der Waals surface area (Å²) in [6, 6.07) is 9.35. The van der Waals surface area contributed by atoms with Crippen molar-refractivity contribution in [2.75, 3.05) is 0 Å². The van der Waals surface area contributed by atoms with Gasteiger partial charge < -0.3 is 0 Å². The van der Waals surface area contributed by atoms with Gasteiger partial charge in [0.05, 0.1) is 0 Å². The van der Waals surface area contributed by atoms with Gasteiger partial charge in [0.1, 0.15) is 0 Å². The molecule has 0 N–H and O–H groups in total. The van der Waals surface area contributed by atoms with Gasteiger partial charge in [-0.25, -0.2) is 0 Å². The van der Waals surface area contributed by atoms with E-state index in [1.807, 2.05) is 0 Å². The van der Waals surface area contributed by atoms with Crippen molar-refractivity contribution in [2.45, 2.75) is 65.7 Å². The van der Waals surface area contributed by atoms with Crippen LogP contribution in [0.1, 0.15) is 70.4 Å². The maximum Gasteiger partial charge on any atom is -0.00402 e. The summed E-state index contributed by atoms with van der Waals surface area (Å²) in [6.45, 7) is 9.28. The van der Waals surface area contributed by atoms with Crippen LogP contribution in [0.3, 0.4) is 0 Å². The average Bonchev–Trinajstić information content (AvgIpc) is 2.54. The molecule has 3 unspecified atom stereocenters. The molecule has 0 fully saturated rings. The smallest absolute Gasteiger partial charge is 0.00402 e. The Hall–Kier alpha value is -1.30. The maximum absolute atomic E-state index is 2.43. The topological polar surface area (TPSA) is 0 Å². The van der Waals surface area contributed by atoms with Crippen LogP contribution >= 0.6 is 0 Å². The highest BCUT2D eigenvalue weighted by molar-refractivity contribution is 5.28. The van der Waals surface area contributed by atoms with E-state index in [9.17, 15) is 0 Å². The Morgan fingerprint density at radius 3 is 2.45 bits per heavy atom. The van der Waals surface area contributed by atoms with Crippen molar-refractivity contribution in [3.63, 3.8) is 0 Å². The fraction of sp³-hybridized carbons (Fsp3) is 0.545. The van der Waals surface area contributed by atoms with Gasteiger partial charge in [-0.05, 0) is 47.6 Å². The van der Waals surface area contributed by atoms with Crippen LogP contribution in [0.2, 0.25) is 0 Å². The number of rotatable bonds is 7. The number of unbranched alkanes of at least 4 members (excludes halogenated alkanes) is 1. The first-order valence-corrected chi connectivity index (χ1v) is 9.04. The highest BCUT2D eigenvalue weighted by Gasteiger charge is 2.31. The zero-order valence-electron chi connectivity index (χ0n) is 14.8. The Labute approximate surface area is 137 Å². The van der Waals surface area contributed by atoms with E-state index in [4.69, 9.17) is 0 Å². The Kier molecular flexibility index (Phi) is 6.06. The molecule has 120 valence electrons. The van der Waals surface area contributed by atoms with Gasteiger partial charge in [-0.2, -0.15) is 0 Å². The normalized spacial score (nSPS) is 25.4. The molecule has 0 saturated carbocycles. The van der Waals surface area contributed by atoms with E-state index in [0.717, 1.165) is 6.42 Å². The van der Waals surface area contributed by atoms with Crippen LogP contribution in [-0.4, -0.2) is 0 Å². The van der Waals surface area contributed by atoms with E-state index in [1.165, 1.54) is 36.8 Å². The van der Waals surface area contributed by atoms with E-state index < -0.39 is 0 Å². The van der Waals surface area contributed by atoms with E-state index in [-0.39, 0.29) is 5.41 Å². The van der Waals surface area contributed by atoms with Crippen LogP contribution in [-0.2, 0) is 6.42 Å². The lowest BCUT2D eigenvalue weighted by atomic mass is 9.69. The fourth-order valence-electron chi connectivity index (χ4n) is 3.50. The summed E-state index contributed by atoms with van der Waals surface area (Å²) in [7, 11) is 0. The molecule has 0 spiro atoms. The molecule has 0 aliphatic heterocycles. The second-order valence-corrected chi connectivity index (χ2v) is 7.23. The van der Waals surface area contributed by atoms with Crippen molar-refractivity contribution < 1.29 is 0 Å². The largest absolute Gasteiger partial charge is 0.0806 e. The summed E-state index contributed by atoms with van der Waals surface area (Å²) in [6.07, 6.45) is 15.6. The average molecular weight is 296 g/mol. The molecule has 0 radical (unpaired) electrons. The lowest BCUT2D eigenvalue weighted by Crippen LogP contribution is -2.28. The van der Waals surface area contributed by atoms with Crippen LogP contribution in [0, 0.1) is 11.3 Å². The van der Waals surface area contributed by atoms with Gasteiger partial charge in [0.2, 0.25) is 0 Å². The molecule has 0 nitrogen and oxygen atoms in total. The molecule has 1 aromatic carbocycles. The summed E-state index contributed by atoms with van der Waals surface area (Å²) < 4.78 is 0. The zero-order chi connectivity index (χ0) is 16.0. The predicted octanol–water partition coefficient (Wildman–Crippen LogP) is 6.68. The summed E-state index contributed by atoms with van der Waals surface area (Å²) in [4.78, 5) is 0. The molecule has 0 amide bonds. The number of hydrogen-bond donors (Lipinski definition) is 0. The van der Waals surface area contributed by atoms with Gasteiger partial charge >= 0.3 is 0 Å². The highest BCUT2D eigenvalue weighted by Crippen LogP contribution is 2.39. The Bertz CT molecular complexity index is 505. The van der Waals surface area contributed by atoms with Gasteiger partial charge in [-0.15, -0.1) is 0 Å². The van der Waals surface area contributed by atoms with Crippen molar-refractivity contribution in [2.24, 2.45) is 11.3 Å². The number of benzene rings is 1. The van der Waals surface area contributed by atoms with E-state index in [2.05, 4.69) is 76.3 Å². The minimum absolute atomic E-state index is 0.266. The standard InChI is InChI=1S/C22H32/c1-5-7-10-21-11-8-9-16-22(21,4)17-19-12-14-20(15-13-19)18(3)6-2/h8-9,11-16,18,21H,5-7,10,17H2,1-4H3. The van der Waals surface area contributed by atoms with Crippen LogP contribution in [0.25, 0.3) is 0 Å². The molecular formula is C22H32. The lowest BCUT2D eigenvalue weighted by molar-refractivity contribution is 0.281. The molecule has 2 rings (SSSR count). The first-order chi connectivity index (χ1) is 10.6. The van der Waals surface area contributed by atoms with Crippen molar-refractivity contribution >= 4 is 0 Å². The molecule has 0 heterocycles. The van der Waals surface area contributed by atoms with Gasteiger partial charge in [0, 0.05) is 0 Å². The van der Waals surface area contributed by atoms with Gasteiger partial charge in [-0.1, -0.05) is 89.1 Å². The first-order valence-electron chi connectivity index (χ1n) is 9.04. The molecule has 1 aliphatic carbocycles. The molecule has 0 saturated heterocycles. The number of allylic oxidation sites excluding steroid dienone is 4. The van der Waals surface area contributed by atoms with E-state index in [0.29, 0.717) is 11.8 Å². The predicted molar refractivity (Wildman–Crippen MR) is 98.3 cm³/mol. The van der Waals surface area contributed by atoms with Crippen molar-refractivity contribution in [1.82, 2.24) is 0 Å². The van der Waals surface area contributed by atoms with Gasteiger partial charge in [0.15, 0.2) is 0 Å². The molecular weight excluding hydrogens is 264 g/mol.